The van der Waals surface area contributed by atoms with Gasteiger partial charge in [0.2, 0.25) is 0 Å². The standard InChI is InChI=1S/C26H30N4O2/c1-26(2,3)32-25(31)30(20-10-7-11-20)21-14-12-19(13-15-21)28-24-22(27)16-17-23(29-24)18-8-5-4-6-9-18/h4-6,8-9,12-17,20H,7,10-11,27H2,1-3H3,(H,28,29). The molecule has 1 saturated carbocycles. The minimum atomic E-state index is -0.534. The molecule has 1 fully saturated rings. The molecule has 0 spiro atoms. The molecule has 1 aliphatic carbocycles. The van der Waals surface area contributed by atoms with Crippen LogP contribution >= 0.6 is 0 Å². The van der Waals surface area contributed by atoms with Crippen molar-refractivity contribution in [1.82, 2.24) is 4.98 Å². The fourth-order valence-corrected chi connectivity index (χ4v) is 3.60. The van der Waals surface area contributed by atoms with Crippen LogP contribution in [0, 0.1) is 0 Å². The van der Waals surface area contributed by atoms with Gasteiger partial charge in [-0.15, -0.1) is 0 Å². The molecule has 166 valence electrons. The monoisotopic (exact) mass is 430 g/mol. The Morgan fingerprint density at radius 3 is 2.31 bits per heavy atom. The van der Waals surface area contributed by atoms with Gasteiger partial charge in [-0.05, 0) is 76.4 Å². The number of nitrogens with zero attached hydrogens (tertiary/aromatic N) is 2. The number of hydrogen-bond acceptors (Lipinski definition) is 5. The van der Waals surface area contributed by atoms with E-state index in [4.69, 9.17) is 15.5 Å². The fraction of sp³-hybridized carbons (Fsp3) is 0.308. The van der Waals surface area contributed by atoms with E-state index in [0.29, 0.717) is 11.5 Å². The molecular weight excluding hydrogens is 400 g/mol. The second kappa shape index (κ2) is 8.91. The van der Waals surface area contributed by atoms with Crippen LogP contribution in [0.25, 0.3) is 11.3 Å². The molecule has 0 aliphatic heterocycles. The maximum absolute atomic E-state index is 12.8. The molecule has 1 aliphatic rings. The lowest BCUT2D eigenvalue weighted by molar-refractivity contribution is 0.0549. The maximum Gasteiger partial charge on any atom is 0.415 e. The number of pyridine rings is 1. The number of carbonyl (C=O) groups excluding carboxylic acids is 1. The number of rotatable bonds is 5. The Kier molecular flexibility index (Phi) is 6.04. The molecule has 0 atom stereocenters. The molecule has 32 heavy (non-hydrogen) atoms. The summed E-state index contributed by atoms with van der Waals surface area (Å²) in [7, 11) is 0. The molecule has 0 saturated heterocycles. The van der Waals surface area contributed by atoms with E-state index in [2.05, 4.69) is 5.32 Å². The number of nitrogen functional groups attached to an aromatic ring is 1. The average Bonchev–Trinajstić information content (AvgIpc) is 2.72. The summed E-state index contributed by atoms with van der Waals surface area (Å²) in [5.41, 5.74) is 9.74. The van der Waals surface area contributed by atoms with Crippen LogP contribution in [-0.2, 0) is 4.74 Å². The summed E-state index contributed by atoms with van der Waals surface area (Å²) in [5, 5.41) is 3.30. The van der Waals surface area contributed by atoms with Gasteiger partial charge in [-0.25, -0.2) is 9.78 Å². The third-order valence-corrected chi connectivity index (χ3v) is 5.43. The van der Waals surface area contributed by atoms with Gasteiger partial charge in [0.1, 0.15) is 5.60 Å². The van der Waals surface area contributed by atoms with Crippen LogP contribution in [-0.4, -0.2) is 22.7 Å². The van der Waals surface area contributed by atoms with Gasteiger partial charge in [0.25, 0.3) is 0 Å². The zero-order valence-corrected chi connectivity index (χ0v) is 18.8. The van der Waals surface area contributed by atoms with E-state index >= 15 is 0 Å². The molecule has 4 rings (SSSR count). The van der Waals surface area contributed by atoms with E-state index in [-0.39, 0.29) is 12.1 Å². The number of benzene rings is 2. The van der Waals surface area contributed by atoms with Crippen LogP contribution < -0.4 is 16.0 Å². The Morgan fingerprint density at radius 1 is 1.03 bits per heavy atom. The molecular formula is C26H30N4O2. The van der Waals surface area contributed by atoms with Crippen LogP contribution in [0.5, 0.6) is 0 Å². The molecule has 0 unspecified atom stereocenters. The van der Waals surface area contributed by atoms with Crippen molar-refractivity contribution >= 4 is 29.0 Å². The predicted octanol–water partition coefficient (Wildman–Crippen LogP) is 6.37. The fourth-order valence-electron chi connectivity index (χ4n) is 3.60. The number of hydrogen-bond donors (Lipinski definition) is 2. The van der Waals surface area contributed by atoms with Gasteiger partial charge in [0, 0.05) is 23.0 Å². The molecule has 6 nitrogen and oxygen atoms in total. The van der Waals surface area contributed by atoms with Crippen molar-refractivity contribution in [2.45, 2.75) is 51.7 Å². The number of ether oxygens (including phenoxy) is 1. The topological polar surface area (TPSA) is 80.5 Å². The molecule has 0 radical (unpaired) electrons. The van der Waals surface area contributed by atoms with Gasteiger partial charge in [-0.2, -0.15) is 0 Å². The normalized spacial score (nSPS) is 13.8. The first-order valence-corrected chi connectivity index (χ1v) is 11.0. The van der Waals surface area contributed by atoms with E-state index in [1.54, 1.807) is 4.90 Å². The van der Waals surface area contributed by atoms with E-state index in [0.717, 1.165) is 41.9 Å². The van der Waals surface area contributed by atoms with Gasteiger partial charge in [0.05, 0.1) is 11.4 Å². The number of carbonyl (C=O) groups is 1. The number of aromatic nitrogens is 1. The van der Waals surface area contributed by atoms with Crippen molar-refractivity contribution in [3.63, 3.8) is 0 Å². The van der Waals surface area contributed by atoms with Gasteiger partial charge in [0.15, 0.2) is 5.82 Å². The highest BCUT2D eigenvalue weighted by Crippen LogP contribution is 2.33. The van der Waals surface area contributed by atoms with Crippen LogP contribution in [0.15, 0.2) is 66.7 Å². The summed E-state index contributed by atoms with van der Waals surface area (Å²) in [5.74, 6) is 0.599. The molecule has 0 bridgehead atoms. The van der Waals surface area contributed by atoms with Crippen molar-refractivity contribution < 1.29 is 9.53 Å². The highest BCUT2D eigenvalue weighted by Gasteiger charge is 2.33. The van der Waals surface area contributed by atoms with Crippen molar-refractivity contribution in [1.29, 1.82) is 0 Å². The molecule has 1 amide bonds. The molecule has 3 N–H and O–H groups in total. The number of amides is 1. The summed E-state index contributed by atoms with van der Waals surface area (Å²) >= 11 is 0. The Morgan fingerprint density at radius 2 is 1.72 bits per heavy atom. The van der Waals surface area contributed by atoms with Crippen molar-refractivity contribution in [3.8, 4) is 11.3 Å². The maximum atomic E-state index is 12.8. The van der Waals surface area contributed by atoms with Gasteiger partial charge in [-0.3, -0.25) is 4.90 Å². The predicted molar refractivity (Wildman–Crippen MR) is 130 cm³/mol. The Balaban J connectivity index is 1.54. The van der Waals surface area contributed by atoms with E-state index < -0.39 is 5.60 Å². The quantitative estimate of drug-likeness (QED) is 0.492. The first kappa shape index (κ1) is 21.7. The van der Waals surface area contributed by atoms with E-state index in [1.165, 1.54) is 0 Å². The lowest BCUT2D eigenvalue weighted by Gasteiger charge is -2.38. The van der Waals surface area contributed by atoms with Crippen molar-refractivity contribution in [3.05, 3.63) is 66.7 Å². The zero-order valence-electron chi connectivity index (χ0n) is 18.8. The van der Waals surface area contributed by atoms with Gasteiger partial charge >= 0.3 is 6.09 Å². The smallest absolute Gasteiger partial charge is 0.415 e. The SMILES string of the molecule is CC(C)(C)OC(=O)N(c1ccc(Nc2nc(-c3ccccc3)ccc2N)cc1)C1CCC1. The Bertz CT molecular complexity index is 1070. The summed E-state index contributed by atoms with van der Waals surface area (Å²) in [6.45, 7) is 5.66. The second-order valence-electron chi connectivity index (χ2n) is 9.11. The van der Waals surface area contributed by atoms with Crippen LogP contribution in [0.3, 0.4) is 0 Å². The second-order valence-corrected chi connectivity index (χ2v) is 9.11. The number of nitrogens with two attached hydrogens (primary N) is 1. The first-order chi connectivity index (χ1) is 15.3. The van der Waals surface area contributed by atoms with Crippen molar-refractivity contribution in [2.75, 3.05) is 16.0 Å². The summed E-state index contributed by atoms with van der Waals surface area (Å²) < 4.78 is 5.65. The lowest BCUT2D eigenvalue weighted by Crippen LogP contribution is -2.46. The van der Waals surface area contributed by atoms with Crippen molar-refractivity contribution in [2.24, 2.45) is 0 Å². The summed E-state index contributed by atoms with van der Waals surface area (Å²) in [4.78, 5) is 19.3. The molecule has 1 heterocycles. The zero-order chi connectivity index (χ0) is 22.7. The minimum absolute atomic E-state index is 0.184. The van der Waals surface area contributed by atoms with E-state index in [1.807, 2.05) is 87.5 Å². The van der Waals surface area contributed by atoms with Crippen LogP contribution in [0.4, 0.5) is 27.7 Å². The largest absolute Gasteiger partial charge is 0.443 e. The summed E-state index contributed by atoms with van der Waals surface area (Å²) in [6, 6.07) is 21.7. The van der Waals surface area contributed by atoms with Gasteiger partial charge in [-0.1, -0.05) is 30.3 Å². The molecule has 3 aromatic rings. The Labute approximate surface area is 189 Å². The summed E-state index contributed by atoms with van der Waals surface area (Å²) in [6.07, 6.45) is 2.81. The lowest BCUT2D eigenvalue weighted by atomic mass is 9.91. The highest BCUT2D eigenvalue weighted by molar-refractivity contribution is 5.89. The van der Waals surface area contributed by atoms with Gasteiger partial charge < -0.3 is 15.8 Å². The number of anilines is 4. The first-order valence-electron chi connectivity index (χ1n) is 11.0. The third kappa shape index (κ3) is 5.02. The third-order valence-electron chi connectivity index (χ3n) is 5.43. The van der Waals surface area contributed by atoms with Crippen LogP contribution in [0.1, 0.15) is 40.0 Å². The number of nitrogens with one attached hydrogen (secondary N) is 1. The molecule has 2 aromatic carbocycles. The Hall–Kier alpha value is -3.54. The van der Waals surface area contributed by atoms with Crippen LogP contribution in [0.2, 0.25) is 0 Å². The van der Waals surface area contributed by atoms with E-state index in [9.17, 15) is 4.79 Å². The minimum Gasteiger partial charge on any atom is -0.443 e. The molecule has 6 heteroatoms. The highest BCUT2D eigenvalue weighted by atomic mass is 16.6. The molecule has 1 aromatic heterocycles. The average molecular weight is 431 g/mol.